The molecule has 0 aliphatic carbocycles. The number of alkyl halides is 3. The van der Waals surface area contributed by atoms with Gasteiger partial charge in [0.05, 0.1) is 32.6 Å². The summed E-state index contributed by atoms with van der Waals surface area (Å²) in [5.74, 6) is -1.17. The summed E-state index contributed by atoms with van der Waals surface area (Å²) in [6.07, 6.45) is -4.49. The van der Waals surface area contributed by atoms with Gasteiger partial charge in [0.25, 0.3) is 0 Å². The molecule has 11 heteroatoms. The summed E-state index contributed by atoms with van der Waals surface area (Å²) < 4.78 is 61.7. The fraction of sp³-hybridized carbons (Fsp3) is 0.179. The number of hydrogen-bond acceptors (Lipinski definition) is 7. The first-order chi connectivity index (χ1) is 18.7. The number of esters is 2. The van der Waals surface area contributed by atoms with Gasteiger partial charge in [-0.25, -0.2) is 14.3 Å². The molecule has 0 N–H and O–H groups in total. The van der Waals surface area contributed by atoms with Crippen LogP contribution >= 0.6 is 0 Å². The van der Waals surface area contributed by atoms with Crippen molar-refractivity contribution in [1.29, 1.82) is 0 Å². The van der Waals surface area contributed by atoms with Crippen molar-refractivity contribution in [2.75, 3.05) is 21.3 Å². The number of hydrogen-bond donors (Lipinski definition) is 0. The smallest absolute Gasteiger partial charge is 0.416 e. The van der Waals surface area contributed by atoms with E-state index in [1.807, 2.05) is 0 Å². The Bertz CT molecular complexity index is 1500. The average molecular weight is 540 g/mol. The lowest BCUT2D eigenvalue weighted by atomic mass is 10.0. The van der Waals surface area contributed by atoms with Crippen LogP contribution < -0.4 is 9.47 Å². The second-order valence-corrected chi connectivity index (χ2v) is 8.16. The minimum Gasteiger partial charge on any atom is -0.493 e. The zero-order valence-corrected chi connectivity index (χ0v) is 21.1. The van der Waals surface area contributed by atoms with E-state index in [1.54, 1.807) is 42.5 Å². The first kappa shape index (κ1) is 27.2. The van der Waals surface area contributed by atoms with Crippen LogP contribution in [0.4, 0.5) is 13.2 Å². The number of aromatic nitrogens is 2. The Morgan fingerprint density at radius 1 is 0.846 bits per heavy atom. The molecule has 0 aliphatic heterocycles. The number of rotatable bonds is 8. The van der Waals surface area contributed by atoms with Crippen molar-refractivity contribution in [2.24, 2.45) is 0 Å². The molecule has 0 amide bonds. The lowest BCUT2D eigenvalue weighted by Crippen LogP contribution is -2.15. The lowest BCUT2D eigenvalue weighted by molar-refractivity contribution is -0.137. The molecule has 3 aromatic carbocycles. The number of methoxy groups -OCH3 is 3. The number of carbonyl (C=O) groups is 2. The number of carbonyl (C=O) groups excluding carboxylic acids is 2. The normalized spacial score (nSPS) is 11.1. The minimum atomic E-state index is -4.49. The van der Waals surface area contributed by atoms with E-state index >= 15 is 0 Å². The maximum Gasteiger partial charge on any atom is 0.416 e. The predicted molar refractivity (Wildman–Crippen MR) is 134 cm³/mol. The van der Waals surface area contributed by atoms with Crippen LogP contribution in [0.15, 0.2) is 72.8 Å². The molecule has 0 radical (unpaired) electrons. The van der Waals surface area contributed by atoms with Gasteiger partial charge < -0.3 is 18.9 Å². The quantitative estimate of drug-likeness (QED) is 0.264. The van der Waals surface area contributed by atoms with Gasteiger partial charge in [0.15, 0.2) is 17.2 Å². The molecule has 1 heterocycles. The third-order valence-electron chi connectivity index (χ3n) is 5.74. The van der Waals surface area contributed by atoms with Gasteiger partial charge >= 0.3 is 18.1 Å². The summed E-state index contributed by atoms with van der Waals surface area (Å²) in [6.45, 7) is -0.195. The Balaban J connectivity index is 1.81. The summed E-state index contributed by atoms with van der Waals surface area (Å²) in [7, 11) is 3.76. The minimum absolute atomic E-state index is 0.0951. The van der Waals surface area contributed by atoms with Crippen LogP contribution in [-0.4, -0.2) is 43.0 Å². The molecule has 8 nitrogen and oxygen atoms in total. The van der Waals surface area contributed by atoms with Crippen molar-refractivity contribution in [1.82, 2.24) is 9.78 Å². The molecule has 0 bridgehead atoms. The van der Waals surface area contributed by atoms with Gasteiger partial charge in [-0.2, -0.15) is 18.3 Å². The van der Waals surface area contributed by atoms with E-state index in [4.69, 9.17) is 18.9 Å². The maximum absolute atomic E-state index is 13.1. The molecular formula is C28H23F3N2O6. The van der Waals surface area contributed by atoms with Crippen molar-refractivity contribution in [2.45, 2.75) is 12.8 Å². The van der Waals surface area contributed by atoms with Crippen molar-refractivity contribution in [3.8, 4) is 28.4 Å². The maximum atomic E-state index is 13.1. The Morgan fingerprint density at radius 2 is 1.56 bits per heavy atom. The average Bonchev–Trinajstić information content (AvgIpc) is 3.36. The van der Waals surface area contributed by atoms with Gasteiger partial charge in [-0.15, -0.1) is 0 Å². The first-order valence-electron chi connectivity index (χ1n) is 11.5. The molecule has 1 aromatic heterocycles. The third-order valence-corrected chi connectivity index (χ3v) is 5.74. The van der Waals surface area contributed by atoms with Gasteiger partial charge in [-0.1, -0.05) is 30.3 Å². The SMILES string of the molecule is COC(=O)c1c(-c2ccc(OC)c(OCc3cccc(C(F)(F)F)c3)c2)nn(-c2ccccc2)c1C(=O)OC. The Hall–Kier alpha value is -4.80. The highest BCUT2D eigenvalue weighted by Crippen LogP contribution is 2.36. The summed E-state index contributed by atoms with van der Waals surface area (Å²) in [5.41, 5.74) is 0.147. The topological polar surface area (TPSA) is 88.9 Å². The van der Waals surface area contributed by atoms with Crippen molar-refractivity contribution < 1.29 is 41.7 Å². The fourth-order valence-corrected chi connectivity index (χ4v) is 3.89. The van der Waals surface area contributed by atoms with Gasteiger partial charge in [-0.05, 0) is 48.0 Å². The van der Waals surface area contributed by atoms with E-state index in [0.717, 1.165) is 12.1 Å². The zero-order valence-electron chi connectivity index (χ0n) is 21.1. The molecule has 0 saturated heterocycles. The van der Waals surface area contributed by atoms with Crippen LogP contribution in [0.5, 0.6) is 11.5 Å². The van der Waals surface area contributed by atoms with Gasteiger partial charge in [0.2, 0.25) is 0 Å². The molecule has 0 aliphatic rings. The largest absolute Gasteiger partial charge is 0.493 e. The number of benzene rings is 3. The molecule has 0 unspecified atom stereocenters. The standard InChI is InChI=1S/C28H23F3N2O6/c1-36-21-13-12-18(15-22(21)39-16-17-8-7-9-19(14-17)28(29,30)31)24-23(26(34)37-2)25(27(35)38-3)33(32-24)20-10-5-4-6-11-20/h4-15H,16H2,1-3H3. The van der Waals surface area contributed by atoms with E-state index in [9.17, 15) is 22.8 Å². The highest BCUT2D eigenvalue weighted by molar-refractivity contribution is 6.06. The van der Waals surface area contributed by atoms with Crippen molar-refractivity contribution in [3.63, 3.8) is 0 Å². The molecule has 4 aromatic rings. The summed E-state index contributed by atoms with van der Waals surface area (Å²) in [5, 5.41) is 4.54. The summed E-state index contributed by atoms with van der Waals surface area (Å²) in [6, 6.07) is 18.1. The molecular weight excluding hydrogens is 517 g/mol. The number of nitrogens with zero attached hydrogens (tertiary/aromatic N) is 2. The lowest BCUT2D eigenvalue weighted by Gasteiger charge is -2.13. The first-order valence-corrected chi connectivity index (χ1v) is 11.5. The summed E-state index contributed by atoms with van der Waals surface area (Å²) >= 11 is 0. The van der Waals surface area contributed by atoms with Gasteiger partial charge in [-0.3, -0.25) is 0 Å². The Labute approximate surface area is 221 Å². The molecule has 0 fully saturated rings. The Morgan fingerprint density at radius 3 is 2.21 bits per heavy atom. The molecule has 0 atom stereocenters. The molecule has 0 spiro atoms. The van der Waals surface area contributed by atoms with Crippen LogP contribution in [0.3, 0.4) is 0 Å². The zero-order chi connectivity index (χ0) is 28.2. The Kier molecular flexibility index (Phi) is 7.89. The third kappa shape index (κ3) is 5.71. The highest BCUT2D eigenvalue weighted by atomic mass is 19.4. The fourth-order valence-electron chi connectivity index (χ4n) is 3.89. The van der Waals surface area contributed by atoms with Crippen molar-refractivity contribution >= 4 is 11.9 Å². The van der Waals surface area contributed by atoms with Crippen LogP contribution in [0.25, 0.3) is 16.9 Å². The molecule has 202 valence electrons. The number of para-hydroxylation sites is 1. The van der Waals surface area contributed by atoms with Crippen molar-refractivity contribution in [3.05, 3.63) is 95.2 Å². The van der Waals surface area contributed by atoms with Gasteiger partial charge in [0.1, 0.15) is 17.9 Å². The van der Waals surface area contributed by atoms with E-state index in [0.29, 0.717) is 17.0 Å². The van der Waals surface area contributed by atoms with E-state index in [-0.39, 0.29) is 34.9 Å². The summed E-state index contributed by atoms with van der Waals surface area (Å²) in [4.78, 5) is 25.7. The predicted octanol–water partition coefficient (Wildman–Crippen LogP) is 5.72. The van der Waals surface area contributed by atoms with E-state index in [2.05, 4.69) is 5.10 Å². The number of halogens is 3. The molecule has 4 rings (SSSR count). The second kappa shape index (κ2) is 11.3. The van der Waals surface area contributed by atoms with Crippen LogP contribution in [0.2, 0.25) is 0 Å². The number of ether oxygens (including phenoxy) is 4. The van der Waals surface area contributed by atoms with E-state index < -0.39 is 23.7 Å². The monoisotopic (exact) mass is 540 g/mol. The van der Waals surface area contributed by atoms with Crippen LogP contribution in [0, 0.1) is 0 Å². The molecule has 0 saturated carbocycles. The van der Waals surface area contributed by atoms with E-state index in [1.165, 1.54) is 44.2 Å². The van der Waals surface area contributed by atoms with Crippen LogP contribution in [0.1, 0.15) is 32.0 Å². The highest BCUT2D eigenvalue weighted by Gasteiger charge is 2.32. The molecule has 39 heavy (non-hydrogen) atoms. The van der Waals surface area contributed by atoms with Gasteiger partial charge in [0, 0.05) is 5.56 Å². The van der Waals surface area contributed by atoms with Crippen LogP contribution in [-0.2, 0) is 22.3 Å². The second-order valence-electron chi connectivity index (χ2n) is 8.16.